The van der Waals surface area contributed by atoms with Crippen LogP contribution in [-0.4, -0.2) is 28.0 Å². The molecule has 0 saturated heterocycles. The van der Waals surface area contributed by atoms with Crippen LogP contribution in [0, 0.1) is 0 Å². The van der Waals surface area contributed by atoms with Gasteiger partial charge >= 0.3 is 0 Å². The normalized spacial score (nSPS) is 14.2. The summed E-state index contributed by atoms with van der Waals surface area (Å²) in [5.41, 5.74) is 6.55. The van der Waals surface area contributed by atoms with E-state index in [0.29, 0.717) is 19.8 Å². The maximum absolute atomic E-state index is 5.64. The minimum absolute atomic E-state index is 0.282. The summed E-state index contributed by atoms with van der Waals surface area (Å²) >= 11 is 0. The zero-order valence-electron chi connectivity index (χ0n) is 9.87. The van der Waals surface area contributed by atoms with Crippen molar-refractivity contribution in [3.05, 3.63) is 30.1 Å². The van der Waals surface area contributed by atoms with Crippen LogP contribution >= 0.6 is 0 Å². The van der Waals surface area contributed by atoms with E-state index in [1.165, 1.54) is 0 Å². The molecule has 6 nitrogen and oxygen atoms in total. The maximum Gasteiger partial charge on any atom is 0.239 e. The zero-order valence-corrected chi connectivity index (χ0v) is 9.87. The highest BCUT2D eigenvalue weighted by Gasteiger charge is 2.10. The van der Waals surface area contributed by atoms with Gasteiger partial charge in [0.25, 0.3) is 0 Å². The average molecular weight is 246 g/mol. The van der Waals surface area contributed by atoms with Crippen LogP contribution in [0.3, 0.4) is 0 Å². The van der Waals surface area contributed by atoms with Gasteiger partial charge in [-0.05, 0) is 17.7 Å². The molecule has 0 amide bonds. The molecule has 2 heterocycles. The van der Waals surface area contributed by atoms with E-state index in [0.717, 1.165) is 23.5 Å². The van der Waals surface area contributed by atoms with E-state index in [9.17, 15) is 0 Å². The molecule has 0 unspecified atom stereocenters. The zero-order chi connectivity index (χ0) is 12.4. The third kappa shape index (κ3) is 2.22. The largest absolute Gasteiger partial charge is 0.490 e. The van der Waals surface area contributed by atoms with Crippen LogP contribution in [0.5, 0.6) is 11.5 Å². The van der Waals surface area contributed by atoms with Gasteiger partial charge in [-0.1, -0.05) is 6.07 Å². The van der Waals surface area contributed by atoms with Gasteiger partial charge in [-0.2, -0.15) is 0 Å². The lowest BCUT2D eigenvalue weighted by Gasteiger charge is -2.09. The molecule has 18 heavy (non-hydrogen) atoms. The smallest absolute Gasteiger partial charge is 0.239 e. The summed E-state index contributed by atoms with van der Waals surface area (Å²) < 4.78 is 12.9. The molecule has 0 aliphatic carbocycles. The number of fused-ring (bicyclic) bond motifs is 1. The first-order valence-electron chi connectivity index (χ1n) is 5.85. The fraction of sp³-hybridized carbons (Fsp3) is 0.333. The van der Waals surface area contributed by atoms with Gasteiger partial charge in [0.15, 0.2) is 11.5 Å². The van der Waals surface area contributed by atoms with Crippen LogP contribution in [0.1, 0.15) is 12.0 Å². The maximum atomic E-state index is 5.64. The van der Waals surface area contributed by atoms with Gasteiger partial charge in [0.1, 0.15) is 6.33 Å². The molecule has 0 radical (unpaired) electrons. The standard InChI is InChI=1S/C12H14N4O2/c13-12-14-8-16(15-12)7-9-2-3-10-11(6-9)18-5-1-4-17-10/h2-3,6,8H,1,4-5,7H2,(H2,13,15). The van der Waals surface area contributed by atoms with Gasteiger partial charge < -0.3 is 15.2 Å². The summed E-state index contributed by atoms with van der Waals surface area (Å²) in [6, 6.07) is 5.89. The molecule has 2 N–H and O–H groups in total. The van der Waals surface area contributed by atoms with Crippen molar-refractivity contribution in [1.82, 2.24) is 14.8 Å². The summed E-state index contributed by atoms with van der Waals surface area (Å²) in [5.74, 6) is 1.87. The number of hydrogen-bond donors (Lipinski definition) is 1. The van der Waals surface area contributed by atoms with E-state index in [2.05, 4.69) is 10.1 Å². The predicted molar refractivity (Wildman–Crippen MR) is 65.6 cm³/mol. The third-order valence-corrected chi connectivity index (χ3v) is 2.71. The molecular weight excluding hydrogens is 232 g/mol. The van der Waals surface area contributed by atoms with Gasteiger partial charge in [0.05, 0.1) is 19.8 Å². The first-order chi connectivity index (χ1) is 8.81. The number of rotatable bonds is 2. The summed E-state index contributed by atoms with van der Waals surface area (Å²) in [6.45, 7) is 2.00. The molecule has 6 heteroatoms. The van der Waals surface area contributed by atoms with E-state index in [-0.39, 0.29) is 5.95 Å². The second-order valence-electron chi connectivity index (χ2n) is 4.13. The van der Waals surface area contributed by atoms with Gasteiger partial charge in [-0.3, -0.25) is 0 Å². The monoisotopic (exact) mass is 246 g/mol. The number of nitrogens with two attached hydrogens (primary N) is 1. The number of hydrogen-bond acceptors (Lipinski definition) is 5. The molecular formula is C12H14N4O2. The Morgan fingerprint density at radius 3 is 2.83 bits per heavy atom. The van der Waals surface area contributed by atoms with Crippen LogP contribution in [-0.2, 0) is 6.54 Å². The molecule has 1 aromatic heterocycles. The highest BCUT2D eigenvalue weighted by atomic mass is 16.5. The van der Waals surface area contributed by atoms with E-state index in [1.807, 2.05) is 18.2 Å². The topological polar surface area (TPSA) is 75.2 Å². The Balaban J connectivity index is 1.83. The van der Waals surface area contributed by atoms with Crippen molar-refractivity contribution in [2.45, 2.75) is 13.0 Å². The summed E-state index contributed by atoms with van der Waals surface area (Å²) in [7, 11) is 0. The number of aromatic nitrogens is 3. The second-order valence-corrected chi connectivity index (χ2v) is 4.13. The molecule has 2 aromatic rings. The van der Waals surface area contributed by atoms with Gasteiger partial charge in [0.2, 0.25) is 5.95 Å². The number of anilines is 1. The molecule has 0 bridgehead atoms. The third-order valence-electron chi connectivity index (χ3n) is 2.71. The minimum atomic E-state index is 0.282. The van der Waals surface area contributed by atoms with Crippen LogP contribution in [0.15, 0.2) is 24.5 Å². The summed E-state index contributed by atoms with van der Waals surface area (Å²) in [4.78, 5) is 3.89. The number of nitrogens with zero attached hydrogens (tertiary/aromatic N) is 3. The van der Waals surface area contributed by atoms with Crippen molar-refractivity contribution < 1.29 is 9.47 Å². The van der Waals surface area contributed by atoms with Crippen molar-refractivity contribution in [2.75, 3.05) is 18.9 Å². The fourth-order valence-electron chi connectivity index (χ4n) is 1.88. The van der Waals surface area contributed by atoms with E-state index in [1.54, 1.807) is 11.0 Å². The molecule has 0 atom stereocenters. The van der Waals surface area contributed by atoms with Gasteiger partial charge in [0, 0.05) is 6.42 Å². The molecule has 1 aromatic carbocycles. The average Bonchev–Trinajstić information content (AvgIpc) is 2.64. The Morgan fingerprint density at radius 1 is 1.22 bits per heavy atom. The molecule has 1 aliphatic rings. The van der Waals surface area contributed by atoms with Gasteiger partial charge in [-0.25, -0.2) is 9.67 Å². The Kier molecular flexibility index (Phi) is 2.76. The van der Waals surface area contributed by atoms with Crippen LogP contribution < -0.4 is 15.2 Å². The Labute approximate surface area is 104 Å². The Bertz CT molecular complexity index is 553. The first kappa shape index (κ1) is 10.9. The number of ether oxygens (including phenoxy) is 2. The highest BCUT2D eigenvalue weighted by Crippen LogP contribution is 2.30. The van der Waals surface area contributed by atoms with Crippen molar-refractivity contribution in [3.63, 3.8) is 0 Å². The van der Waals surface area contributed by atoms with Crippen LogP contribution in [0.4, 0.5) is 5.95 Å². The van der Waals surface area contributed by atoms with Crippen molar-refractivity contribution >= 4 is 5.95 Å². The van der Waals surface area contributed by atoms with Crippen molar-refractivity contribution in [2.24, 2.45) is 0 Å². The summed E-state index contributed by atoms with van der Waals surface area (Å²) in [5, 5.41) is 4.05. The summed E-state index contributed by atoms with van der Waals surface area (Å²) in [6.07, 6.45) is 2.52. The predicted octanol–water partition coefficient (Wildman–Crippen LogP) is 1.07. The lowest BCUT2D eigenvalue weighted by Crippen LogP contribution is -2.02. The van der Waals surface area contributed by atoms with Crippen molar-refractivity contribution in [3.8, 4) is 11.5 Å². The van der Waals surface area contributed by atoms with E-state index < -0.39 is 0 Å². The molecule has 94 valence electrons. The lowest BCUT2D eigenvalue weighted by atomic mass is 10.2. The molecule has 1 aliphatic heterocycles. The molecule has 0 saturated carbocycles. The quantitative estimate of drug-likeness (QED) is 0.857. The van der Waals surface area contributed by atoms with E-state index in [4.69, 9.17) is 15.2 Å². The minimum Gasteiger partial charge on any atom is -0.490 e. The molecule has 0 fully saturated rings. The lowest BCUT2D eigenvalue weighted by molar-refractivity contribution is 0.297. The van der Waals surface area contributed by atoms with Crippen molar-refractivity contribution in [1.29, 1.82) is 0 Å². The highest BCUT2D eigenvalue weighted by molar-refractivity contribution is 5.43. The number of nitrogen functional groups attached to an aromatic ring is 1. The Morgan fingerprint density at radius 2 is 2.06 bits per heavy atom. The molecule has 3 rings (SSSR count). The van der Waals surface area contributed by atoms with Crippen LogP contribution in [0.25, 0.3) is 0 Å². The molecule has 0 spiro atoms. The van der Waals surface area contributed by atoms with Gasteiger partial charge in [-0.15, -0.1) is 5.10 Å². The van der Waals surface area contributed by atoms with Crippen LogP contribution in [0.2, 0.25) is 0 Å². The SMILES string of the molecule is Nc1ncn(Cc2ccc3c(c2)OCCCO3)n1. The van der Waals surface area contributed by atoms with E-state index >= 15 is 0 Å². The Hall–Kier alpha value is -2.24. The fourth-order valence-corrected chi connectivity index (χ4v) is 1.88. The number of benzene rings is 1. The first-order valence-corrected chi connectivity index (χ1v) is 5.85. The second kappa shape index (κ2) is 4.56.